The third-order valence-electron chi connectivity index (χ3n) is 10.8. The minimum Gasteiger partial charge on any atom is -0.311 e. The van der Waals surface area contributed by atoms with Gasteiger partial charge in [-0.2, -0.15) is 0 Å². The molecule has 0 heterocycles. The monoisotopic (exact) mass is 707 g/mol. The van der Waals surface area contributed by atoms with E-state index in [0.717, 1.165) is 17.1 Å². The largest absolute Gasteiger partial charge is 0.311 e. The standard InChI is InChI=1S/C52H41NSi/c1-54(2,44-20-7-4-8-21-44)37-36-38-28-32-42(33-29-38)53(41-18-5-3-6-19-41)43-34-30-40(31-35-43)51-47-23-11-13-25-49(47)52(50-26-14-12-24-48(50)51)46-27-15-17-39-16-9-10-22-45(39)46/h3-37H,1-2H3. The Hall–Kier alpha value is -6.48. The highest BCUT2D eigenvalue weighted by Gasteiger charge is 2.20. The number of hydrogen-bond donors (Lipinski definition) is 0. The quantitative estimate of drug-likeness (QED) is 0.112. The molecule has 9 aromatic rings. The summed E-state index contributed by atoms with van der Waals surface area (Å²) < 4.78 is 0. The Morgan fingerprint density at radius 3 is 1.46 bits per heavy atom. The van der Waals surface area contributed by atoms with Crippen LogP contribution in [0.2, 0.25) is 13.1 Å². The van der Waals surface area contributed by atoms with E-state index < -0.39 is 8.07 Å². The molecule has 0 N–H and O–H groups in total. The number of hydrogen-bond acceptors (Lipinski definition) is 1. The highest BCUT2D eigenvalue weighted by Crippen LogP contribution is 2.46. The molecule has 0 unspecified atom stereocenters. The molecule has 0 aliphatic rings. The topological polar surface area (TPSA) is 3.24 Å². The molecule has 9 aromatic carbocycles. The van der Waals surface area contributed by atoms with Crippen molar-refractivity contribution >= 4 is 68.7 Å². The van der Waals surface area contributed by atoms with Gasteiger partial charge in [0.15, 0.2) is 0 Å². The fraction of sp³-hybridized carbons (Fsp3) is 0.0385. The third-order valence-corrected chi connectivity index (χ3v) is 13.6. The van der Waals surface area contributed by atoms with E-state index in [-0.39, 0.29) is 0 Å². The van der Waals surface area contributed by atoms with Crippen LogP contribution in [0.1, 0.15) is 5.56 Å². The summed E-state index contributed by atoms with van der Waals surface area (Å²) in [6.45, 7) is 4.80. The molecule has 9 rings (SSSR count). The molecule has 0 bridgehead atoms. The summed E-state index contributed by atoms with van der Waals surface area (Å²) in [5.41, 5.74) is 12.0. The Kier molecular flexibility index (Phi) is 8.74. The van der Waals surface area contributed by atoms with Crippen LogP contribution in [-0.4, -0.2) is 8.07 Å². The molecule has 258 valence electrons. The van der Waals surface area contributed by atoms with Crippen molar-refractivity contribution in [2.24, 2.45) is 0 Å². The van der Waals surface area contributed by atoms with E-state index in [1.165, 1.54) is 65.3 Å². The smallest absolute Gasteiger partial charge is 0.104 e. The summed E-state index contributed by atoms with van der Waals surface area (Å²) in [5, 5.41) is 9.02. The minimum absolute atomic E-state index is 1.12. The Labute approximate surface area is 319 Å². The predicted molar refractivity (Wildman–Crippen MR) is 237 cm³/mol. The molecular formula is C52H41NSi. The lowest BCUT2D eigenvalue weighted by molar-refractivity contribution is 1.28. The molecule has 2 heteroatoms. The lowest BCUT2D eigenvalue weighted by atomic mass is 9.85. The zero-order valence-electron chi connectivity index (χ0n) is 30.7. The molecule has 0 aliphatic carbocycles. The number of benzene rings is 9. The van der Waals surface area contributed by atoms with Crippen LogP contribution in [0.25, 0.3) is 60.6 Å². The molecule has 0 aromatic heterocycles. The van der Waals surface area contributed by atoms with Gasteiger partial charge in [-0.05, 0) is 96.5 Å². The number of nitrogens with zero attached hydrogens (tertiary/aromatic N) is 1. The minimum atomic E-state index is -1.69. The van der Waals surface area contributed by atoms with Gasteiger partial charge < -0.3 is 4.90 Å². The maximum atomic E-state index is 2.44. The van der Waals surface area contributed by atoms with Crippen LogP contribution >= 0.6 is 0 Å². The Balaban J connectivity index is 1.12. The molecule has 54 heavy (non-hydrogen) atoms. The molecule has 1 nitrogen and oxygen atoms in total. The Morgan fingerprint density at radius 2 is 0.852 bits per heavy atom. The average Bonchev–Trinajstić information content (AvgIpc) is 3.23. The van der Waals surface area contributed by atoms with Crippen LogP contribution < -0.4 is 10.1 Å². The molecular weight excluding hydrogens is 667 g/mol. The highest BCUT2D eigenvalue weighted by atomic mass is 28.3. The SMILES string of the molecule is C[Si](C)(C=Cc1ccc(N(c2ccccc2)c2ccc(-c3c4ccccc4c(-c4cccc5ccccc45)c4ccccc34)cc2)cc1)c1ccccc1. The molecule has 0 saturated heterocycles. The fourth-order valence-corrected chi connectivity index (χ4v) is 9.83. The van der Waals surface area contributed by atoms with E-state index in [2.05, 4.69) is 230 Å². The molecule has 0 aliphatic heterocycles. The number of rotatable bonds is 8. The van der Waals surface area contributed by atoms with Gasteiger partial charge in [0.05, 0.1) is 0 Å². The van der Waals surface area contributed by atoms with Crippen molar-refractivity contribution in [1.82, 2.24) is 0 Å². The van der Waals surface area contributed by atoms with E-state index in [1.807, 2.05) is 0 Å². The van der Waals surface area contributed by atoms with Gasteiger partial charge in [0.25, 0.3) is 0 Å². The number of anilines is 3. The first-order chi connectivity index (χ1) is 26.5. The Morgan fingerprint density at radius 1 is 0.389 bits per heavy atom. The van der Waals surface area contributed by atoms with Crippen molar-refractivity contribution in [3.05, 3.63) is 211 Å². The zero-order chi connectivity index (χ0) is 36.5. The van der Waals surface area contributed by atoms with Crippen molar-refractivity contribution in [2.45, 2.75) is 13.1 Å². The first-order valence-electron chi connectivity index (χ1n) is 18.8. The van der Waals surface area contributed by atoms with Crippen molar-refractivity contribution in [3.8, 4) is 22.3 Å². The normalized spacial score (nSPS) is 11.8. The van der Waals surface area contributed by atoms with Crippen LogP contribution in [0.5, 0.6) is 0 Å². The second kappa shape index (κ2) is 14.2. The van der Waals surface area contributed by atoms with Gasteiger partial charge in [0, 0.05) is 17.1 Å². The molecule has 0 atom stereocenters. The van der Waals surface area contributed by atoms with Gasteiger partial charge in [-0.3, -0.25) is 0 Å². The van der Waals surface area contributed by atoms with Gasteiger partial charge >= 0.3 is 0 Å². The predicted octanol–water partition coefficient (Wildman–Crippen LogP) is 14.1. The summed E-state index contributed by atoms with van der Waals surface area (Å²) in [6.07, 6.45) is 2.30. The zero-order valence-corrected chi connectivity index (χ0v) is 31.7. The van der Waals surface area contributed by atoms with E-state index in [9.17, 15) is 0 Å². The first-order valence-corrected chi connectivity index (χ1v) is 21.8. The third kappa shape index (κ3) is 6.21. The summed E-state index contributed by atoms with van der Waals surface area (Å²) in [6, 6.07) is 72.9. The van der Waals surface area contributed by atoms with Crippen molar-refractivity contribution in [1.29, 1.82) is 0 Å². The molecule has 0 saturated carbocycles. The van der Waals surface area contributed by atoms with Gasteiger partial charge in [0.1, 0.15) is 8.07 Å². The van der Waals surface area contributed by atoms with Gasteiger partial charge in [0.2, 0.25) is 0 Å². The van der Waals surface area contributed by atoms with E-state index in [4.69, 9.17) is 0 Å². The van der Waals surface area contributed by atoms with Crippen LogP contribution in [0.4, 0.5) is 17.1 Å². The molecule has 0 spiro atoms. The second-order valence-corrected chi connectivity index (χ2v) is 19.0. The molecule has 0 radical (unpaired) electrons. The summed E-state index contributed by atoms with van der Waals surface area (Å²) in [5.74, 6) is 0. The van der Waals surface area contributed by atoms with Crippen LogP contribution in [-0.2, 0) is 0 Å². The lowest BCUT2D eigenvalue weighted by Gasteiger charge is -2.26. The van der Waals surface area contributed by atoms with Crippen LogP contribution in [0.3, 0.4) is 0 Å². The first kappa shape index (κ1) is 33.4. The van der Waals surface area contributed by atoms with Crippen LogP contribution in [0.15, 0.2) is 206 Å². The van der Waals surface area contributed by atoms with Gasteiger partial charge in [-0.15, -0.1) is 0 Å². The molecule has 0 fully saturated rings. The van der Waals surface area contributed by atoms with Crippen molar-refractivity contribution in [3.63, 3.8) is 0 Å². The fourth-order valence-electron chi connectivity index (χ4n) is 7.98. The second-order valence-electron chi connectivity index (χ2n) is 14.6. The highest BCUT2D eigenvalue weighted by molar-refractivity contribution is 6.94. The van der Waals surface area contributed by atoms with Gasteiger partial charge in [-0.1, -0.05) is 194 Å². The van der Waals surface area contributed by atoms with E-state index in [0.29, 0.717) is 0 Å². The summed E-state index contributed by atoms with van der Waals surface area (Å²) in [4.78, 5) is 2.35. The lowest BCUT2D eigenvalue weighted by Crippen LogP contribution is -2.39. The van der Waals surface area contributed by atoms with Crippen molar-refractivity contribution < 1.29 is 0 Å². The number of fused-ring (bicyclic) bond motifs is 3. The maximum Gasteiger partial charge on any atom is 0.104 e. The van der Waals surface area contributed by atoms with Crippen LogP contribution in [0, 0.1) is 0 Å². The summed E-state index contributed by atoms with van der Waals surface area (Å²) >= 11 is 0. The molecule has 0 amide bonds. The average molecular weight is 708 g/mol. The Bertz CT molecular complexity index is 2700. The van der Waals surface area contributed by atoms with E-state index >= 15 is 0 Å². The van der Waals surface area contributed by atoms with E-state index in [1.54, 1.807) is 0 Å². The number of para-hydroxylation sites is 1. The van der Waals surface area contributed by atoms with Crippen molar-refractivity contribution in [2.75, 3.05) is 4.90 Å². The maximum absolute atomic E-state index is 2.44. The summed E-state index contributed by atoms with van der Waals surface area (Å²) in [7, 11) is -1.69. The van der Waals surface area contributed by atoms with Gasteiger partial charge in [-0.25, -0.2) is 0 Å².